The average Bonchev–Trinajstić information content (AvgIpc) is 3.23. The zero-order chi connectivity index (χ0) is 22.4. The Hall–Kier alpha value is -2.82. The first-order valence-electron chi connectivity index (χ1n) is 11.2. The molecule has 2 aromatic carbocycles. The highest BCUT2D eigenvalue weighted by atomic mass is 16.5. The second-order valence-corrected chi connectivity index (χ2v) is 8.73. The van der Waals surface area contributed by atoms with Crippen LogP contribution in [-0.4, -0.2) is 35.4 Å². The SMILES string of the molecule is Cc1cccc(CN(C(=O)COc2ccc(C)cc2C)[C@@H](C)C(=O)NC2CCCC2)c1. The maximum Gasteiger partial charge on any atom is 0.261 e. The first-order chi connectivity index (χ1) is 14.8. The van der Waals surface area contributed by atoms with E-state index in [4.69, 9.17) is 4.74 Å². The molecule has 0 bridgehead atoms. The van der Waals surface area contributed by atoms with E-state index in [9.17, 15) is 9.59 Å². The number of carbonyl (C=O) groups is 2. The van der Waals surface area contributed by atoms with Crippen LogP contribution in [0.25, 0.3) is 0 Å². The van der Waals surface area contributed by atoms with E-state index in [0.717, 1.165) is 47.9 Å². The Morgan fingerprint density at radius 3 is 2.45 bits per heavy atom. The second kappa shape index (κ2) is 10.5. The van der Waals surface area contributed by atoms with Crippen molar-refractivity contribution in [3.63, 3.8) is 0 Å². The molecule has 3 rings (SSSR count). The van der Waals surface area contributed by atoms with E-state index in [1.54, 1.807) is 11.8 Å². The van der Waals surface area contributed by atoms with Crippen molar-refractivity contribution in [1.29, 1.82) is 0 Å². The van der Waals surface area contributed by atoms with Crippen molar-refractivity contribution in [3.05, 3.63) is 64.7 Å². The predicted octanol–water partition coefficient (Wildman–Crippen LogP) is 4.47. The van der Waals surface area contributed by atoms with Gasteiger partial charge in [-0.3, -0.25) is 9.59 Å². The second-order valence-electron chi connectivity index (χ2n) is 8.73. The minimum Gasteiger partial charge on any atom is -0.483 e. The third-order valence-electron chi connectivity index (χ3n) is 5.99. The summed E-state index contributed by atoms with van der Waals surface area (Å²) >= 11 is 0. The number of rotatable bonds is 8. The minimum atomic E-state index is -0.573. The molecule has 5 heteroatoms. The Bertz CT molecular complexity index is 919. The summed E-state index contributed by atoms with van der Waals surface area (Å²) in [4.78, 5) is 27.7. The molecule has 0 aromatic heterocycles. The van der Waals surface area contributed by atoms with Gasteiger partial charge in [0, 0.05) is 12.6 Å². The molecular formula is C26H34N2O3. The molecule has 2 aromatic rings. The molecule has 1 atom stereocenters. The fourth-order valence-electron chi connectivity index (χ4n) is 4.17. The monoisotopic (exact) mass is 422 g/mol. The standard InChI is InChI=1S/C26H34N2O3/c1-18-8-7-9-22(15-18)16-28(21(4)26(30)27-23-10-5-6-11-23)25(29)17-31-24-13-12-19(2)14-20(24)3/h7-9,12-15,21,23H,5-6,10-11,16-17H2,1-4H3,(H,27,30)/t21-/m0/s1. The number of hydrogen-bond acceptors (Lipinski definition) is 3. The van der Waals surface area contributed by atoms with Gasteiger partial charge in [-0.25, -0.2) is 0 Å². The van der Waals surface area contributed by atoms with Gasteiger partial charge in [-0.1, -0.05) is 60.4 Å². The van der Waals surface area contributed by atoms with E-state index < -0.39 is 6.04 Å². The summed E-state index contributed by atoms with van der Waals surface area (Å²) in [5.74, 6) is 0.396. The molecule has 2 amide bonds. The molecule has 0 unspecified atom stereocenters. The lowest BCUT2D eigenvalue weighted by Crippen LogP contribution is -2.50. The highest BCUT2D eigenvalue weighted by Gasteiger charge is 2.28. The highest BCUT2D eigenvalue weighted by molar-refractivity contribution is 5.88. The molecule has 5 nitrogen and oxygen atoms in total. The van der Waals surface area contributed by atoms with Crippen molar-refractivity contribution >= 4 is 11.8 Å². The molecule has 0 radical (unpaired) electrons. The number of aryl methyl sites for hydroxylation is 3. The fraction of sp³-hybridized carbons (Fsp3) is 0.462. The molecule has 1 N–H and O–H groups in total. The quantitative estimate of drug-likeness (QED) is 0.683. The molecule has 1 fully saturated rings. The van der Waals surface area contributed by atoms with Crippen molar-refractivity contribution < 1.29 is 14.3 Å². The predicted molar refractivity (Wildman–Crippen MR) is 123 cm³/mol. The van der Waals surface area contributed by atoms with Gasteiger partial charge in [0.2, 0.25) is 5.91 Å². The smallest absolute Gasteiger partial charge is 0.261 e. The van der Waals surface area contributed by atoms with Gasteiger partial charge in [-0.05, 0) is 57.7 Å². The van der Waals surface area contributed by atoms with Crippen LogP contribution in [-0.2, 0) is 16.1 Å². The van der Waals surface area contributed by atoms with E-state index in [1.807, 2.05) is 63.2 Å². The molecule has 1 saturated carbocycles. The number of ether oxygens (including phenoxy) is 1. The third kappa shape index (κ3) is 6.33. The van der Waals surface area contributed by atoms with Gasteiger partial charge in [-0.15, -0.1) is 0 Å². The topological polar surface area (TPSA) is 58.6 Å². The molecule has 0 aliphatic heterocycles. The highest BCUT2D eigenvalue weighted by Crippen LogP contribution is 2.20. The lowest BCUT2D eigenvalue weighted by atomic mass is 10.1. The van der Waals surface area contributed by atoms with Gasteiger partial charge in [-0.2, -0.15) is 0 Å². The van der Waals surface area contributed by atoms with Crippen molar-refractivity contribution in [1.82, 2.24) is 10.2 Å². The lowest BCUT2D eigenvalue weighted by molar-refractivity contribution is -0.142. The minimum absolute atomic E-state index is 0.0978. The zero-order valence-electron chi connectivity index (χ0n) is 19.1. The van der Waals surface area contributed by atoms with Crippen LogP contribution in [0.1, 0.15) is 54.9 Å². The van der Waals surface area contributed by atoms with E-state index in [2.05, 4.69) is 5.32 Å². The molecule has 0 heterocycles. The van der Waals surface area contributed by atoms with Crippen molar-refractivity contribution in [3.8, 4) is 5.75 Å². The van der Waals surface area contributed by atoms with Gasteiger partial charge in [0.05, 0.1) is 0 Å². The van der Waals surface area contributed by atoms with Crippen LogP contribution in [0.2, 0.25) is 0 Å². The Morgan fingerprint density at radius 1 is 1.06 bits per heavy atom. The van der Waals surface area contributed by atoms with E-state index >= 15 is 0 Å². The average molecular weight is 423 g/mol. The summed E-state index contributed by atoms with van der Waals surface area (Å²) in [5, 5.41) is 3.13. The summed E-state index contributed by atoms with van der Waals surface area (Å²) < 4.78 is 5.84. The normalized spacial score (nSPS) is 14.8. The Labute approximate surface area is 185 Å². The summed E-state index contributed by atoms with van der Waals surface area (Å²) in [6.07, 6.45) is 4.32. The van der Waals surface area contributed by atoms with Crippen LogP contribution in [0.4, 0.5) is 0 Å². The summed E-state index contributed by atoms with van der Waals surface area (Å²) in [5.41, 5.74) is 4.26. The van der Waals surface area contributed by atoms with Gasteiger partial charge in [0.15, 0.2) is 6.61 Å². The first kappa shape index (κ1) is 22.9. The third-order valence-corrected chi connectivity index (χ3v) is 5.99. The molecule has 31 heavy (non-hydrogen) atoms. The van der Waals surface area contributed by atoms with E-state index in [1.165, 1.54) is 0 Å². The molecule has 166 valence electrons. The number of benzene rings is 2. The van der Waals surface area contributed by atoms with Crippen molar-refractivity contribution in [2.24, 2.45) is 0 Å². The van der Waals surface area contributed by atoms with Crippen LogP contribution >= 0.6 is 0 Å². The summed E-state index contributed by atoms with van der Waals surface area (Å²) in [6.45, 7) is 8.09. The number of amides is 2. The number of nitrogens with zero attached hydrogens (tertiary/aromatic N) is 1. The maximum absolute atomic E-state index is 13.2. The molecular weight excluding hydrogens is 388 g/mol. The largest absolute Gasteiger partial charge is 0.483 e. The van der Waals surface area contributed by atoms with E-state index in [0.29, 0.717) is 12.3 Å². The number of nitrogens with one attached hydrogen (secondary N) is 1. The fourth-order valence-corrected chi connectivity index (χ4v) is 4.17. The molecule has 0 spiro atoms. The van der Waals surface area contributed by atoms with Crippen LogP contribution in [0, 0.1) is 20.8 Å². The molecule has 0 saturated heterocycles. The van der Waals surface area contributed by atoms with Crippen LogP contribution in [0.3, 0.4) is 0 Å². The summed E-state index contributed by atoms with van der Waals surface area (Å²) in [6, 6.07) is 13.6. The zero-order valence-corrected chi connectivity index (χ0v) is 19.1. The molecule has 1 aliphatic rings. The van der Waals surface area contributed by atoms with Gasteiger partial charge >= 0.3 is 0 Å². The molecule has 1 aliphatic carbocycles. The van der Waals surface area contributed by atoms with Crippen LogP contribution < -0.4 is 10.1 Å². The Kier molecular flexibility index (Phi) is 7.72. The van der Waals surface area contributed by atoms with E-state index in [-0.39, 0.29) is 24.5 Å². The van der Waals surface area contributed by atoms with Crippen molar-refractivity contribution in [2.45, 2.75) is 72.0 Å². The van der Waals surface area contributed by atoms with Crippen molar-refractivity contribution in [2.75, 3.05) is 6.61 Å². The maximum atomic E-state index is 13.2. The van der Waals surface area contributed by atoms with Gasteiger partial charge in [0.1, 0.15) is 11.8 Å². The number of carbonyl (C=O) groups excluding carboxylic acids is 2. The van der Waals surface area contributed by atoms with Gasteiger partial charge < -0.3 is 15.0 Å². The lowest BCUT2D eigenvalue weighted by Gasteiger charge is -2.30. The van der Waals surface area contributed by atoms with Gasteiger partial charge in [0.25, 0.3) is 5.91 Å². The Balaban J connectivity index is 1.73. The Morgan fingerprint density at radius 2 is 1.77 bits per heavy atom. The van der Waals surface area contributed by atoms with Crippen LogP contribution in [0.15, 0.2) is 42.5 Å². The number of hydrogen-bond donors (Lipinski definition) is 1. The summed E-state index contributed by atoms with van der Waals surface area (Å²) in [7, 11) is 0. The van der Waals surface area contributed by atoms with Crippen LogP contribution in [0.5, 0.6) is 5.75 Å². The first-order valence-corrected chi connectivity index (χ1v) is 11.2.